The third-order valence-corrected chi connectivity index (χ3v) is 5.33. The summed E-state index contributed by atoms with van der Waals surface area (Å²) in [6.07, 6.45) is 2.57. The minimum absolute atomic E-state index is 0.0218. The van der Waals surface area contributed by atoms with Crippen LogP contribution in [0.15, 0.2) is 53.1 Å². The van der Waals surface area contributed by atoms with Crippen LogP contribution in [0.25, 0.3) is 22.4 Å². The summed E-state index contributed by atoms with van der Waals surface area (Å²) in [6.45, 7) is 0.478. The molecule has 156 valence electrons. The summed E-state index contributed by atoms with van der Waals surface area (Å²) in [5, 5.41) is 0. The van der Waals surface area contributed by atoms with Gasteiger partial charge in [0, 0.05) is 11.8 Å². The van der Waals surface area contributed by atoms with Crippen molar-refractivity contribution in [2.75, 3.05) is 19.5 Å². The lowest BCUT2D eigenvalue weighted by molar-refractivity contribution is -0.139. The van der Waals surface area contributed by atoms with E-state index in [9.17, 15) is 4.79 Å². The van der Waals surface area contributed by atoms with Crippen LogP contribution in [0.4, 0.5) is 5.95 Å². The number of oxazole rings is 1. The summed E-state index contributed by atoms with van der Waals surface area (Å²) in [5.41, 5.74) is 10.7. The van der Waals surface area contributed by atoms with Gasteiger partial charge in [0.2, 0.25) is 11.8 Å². The normalized spacial score (nSPS) is 15.3. The van der Waals surface area contributed by atoms with Crippen molar-refractivity contribution in [3.05, 3.63) is 65.7 Å². The van der Waals surface area contributed by atoms with Gasteiger partial charge in [-0.3, -0.25) is 4.79 Å². The summed E-state index contributed by atoms with van der Waals surface area (Å²) < 4.78 is 16.8. The van der Waals surface area contributed by atoms with Gasteiger partial charge in [0.25, 0.3) is 0 Å². The van der Waals surface area contributed by atoms with Gasteiger partial charge < -0.3 is 19.6 Å². The zero-order valence-electron chi connectivity index (χ0n) is 16.9. The van der Waals surface area contributed by atoms with Crippen molar-refractivity contribution in [2.24, 2.45) is 0 Å². The van der Waals surface area contributed by atoms with Crippen LogP contribution in [-0.2, 0) is 22.4 Å². The van der Waals surface area contributed by atoms with Gasteiger partial charge in [-0.2, -0.15) is 0 Å². The molecule has 0 amide bonds. The number of nitrogens with zero attached hydrogens (tertiary/aromatic N) is 3. The molecule has 3 heterocycles. The number of nitrogen functional groups attached to an aromatic ring is 1. The zero-order chi connectivity index (χ0) is 21.4. The summed E-state index contributed by atoms with van der Waals surface area (Å²) in [4.78, 5) is 24.4. The number of nitrogens with two attached hydrogens (primary N) is 1. The molecule has 8 heteroatoms. The van der Waals surface area contributed by atoms with Crippen LogP contribution in [0.3, 0.4) is 0 Å². The number of ether oxygens (including phenoxy) is 2. The van der Waals surface area contributed by atoms with Crippen LogP contribution in [0, 0.1) is 0 Å². The maximum absolute atomic E-state index is 11.6. The molecule has 1 atom stereocenters. The zero-order valence-corrected chi connectivity index (χ0v) is 16.9. The van der Waals surface area contributed by atoms with Crippen molar-refractivity contribution in [3.63, 3.8) is 0 Å². The van der Waals surface area contributed by atoms with E-state index in [-0.39, 0.29) is 24.3 Å². The quantitative estimate of drug-likeness (QED) is 0.504. The average molecular weight is 416 g/mol. The molecule has 31 heavy (non-hydrogen) atoms. The Hall–Kier alpha value is -3.94. The molecule has 2 N–H and O–H groups in total. The first kappa shape index (κ1) is 19.0. The molecule has 4 aromatic rings. The van der Waals surface area contributed by atoms with E-state index in [4.69, 9.17) is 19.6 Å². The third kappa shape index (κ3) is 3.79. The molecule has 0 saturated heterocycles. The number of aromatic nitrogens is 3. The van der Waals surface area contributed by atoms with Crippen LogP contribution in [0.2, 0.25) is 0 Å². The monoisotopic (exact) mass is 416 g/mol. The molecule has 0 fully saturated rings. The number of carbonyl (C=O) groups is 1. The number of esters is 1. The molecular weight excluding hydrogens is 396 g/mol. The number of benzene rings is 2. The number of rotatable bonds is 4. The van der Waals surface area contributed by atoms with Crippen LogP contribution in [0.5, 0.6) is 5.75 Å². The molecule has 1 aliphatic rings. The molecule has 1 unspecified atom stereocenters. The minimum atomic E-state index is -0.270. The first-order valence-corrected chi connectivity index (χ1v) is 9.90. The number of anilines is 1. The van der Waals surface area contributed by atoms with Crippen LogP contribution in [0.1, 0.15) is 22.9 Å². The van der Waals surface area contributed by atoms with E-state index in [1.165, 1.54) is 7.11 Å². The molecule has 0 saturated carbocycles. The molecule has 0 bridgehead atoms. The van der Waals surface area contributed by atoms with Crippen molar-refractivity contribution in [3.8, 4) is 17.0 Å². The van der Waals surface area contributed by atoms with Crippen molar-refractivity contribution in [2.45, 2.75) is 18.8 Å². The predicted octanol–water partition coefficient (Wildman–Crippen LogP) is 3.30. The van der Waals surface area contributed by atoms with E-state index < -0.39 is 0 Å². The highest BCUT2D eigenvalue weighted by Gasteiger charge is 2.26. The third-order valence-electron chi connectivity index (χ3n) is 5.33. The smallest absolute Gasteiger partial charge is 0.309 e. The summed E-state index contributed by atoms with van der Waals surface area (Å²) >= 11 is 0. The Kier molecular flexibility index (Phi) is 4.74. The van der Waals surface area contributed by atoms with Crippen molar-refractivity contribution < 1.29 is 18.7 Å². The second-order valence-corrected chi connectivity index (χ2v) is 7.44. The Morgan fingerprint density at radius 1 is 1.19 bits per heavy atom. The van der Waals surface area contributed by atoms with Crippen LogP contribution >= 0.6 is 0 Å². The maximum atomic E-state index is 11.6. The Balaban J connectivity index is 1.41. The van der Waals surface area contributed by atoms with Crippen molar-refractivity contribution in [1.82, 2.24) is 15.0 Å². The molecule has 8 nitrogen and oxygen atoms in total. The lowest BCUT2D eigenvalue weighted by Crippen LogP contribution is -2.19. The molecule has 0 radical (unpaired) electrons. The van der Waals surface area contributed by atoms with Gasteiger partial charge in [-0.05, 0) is 41.8 Å². The van der Waals surface area contributed by atoms with E-state index in [1.807, 2.05) is 36.4 Å². The maximum Gasteiger partial charge on any atom is 0.309 e. The predicted molar refractivity (Wildman–Crippen MR) is 114 cm³/mol. The largest absolute Gasteiger partial charge is 0.492 e. The molecule has 2 aromatic carbocycles. The number of fused-ring (bicyclic) bond motifs is 2. The Labute approximate surface area is 178 Å². The van der Waals surface area contributed by atoms with Crippen molar-refractivity contribution in [1.29, 1.82) is 0 Å². The van der Waals surface area contributed by atoms with Gasteiger partial charge in [0.15, 0.2) is 5.58 Å². The van der Waals surface area contributed by atoms with E-state index in [2.05, 4.69) is 15.0 Å². The standard InChI is InChI=1S/C23H20N4O4/c1-29-21(28)9-13-2-5-19-15(8-13)10-16(12-30-19)22-26-18-4-3-14(11-20(18)31-22)17-6-7-25-23(24)27-17/h2-8,11,16H,9-10,12H2,1H3,(H2,24,25,27). The van der Waals surface area contributed by atoms with Crippen LogP contribution in [-0.4, -0.2) is 34.6 Å². The number of carbonyl (C=O) groups excluding carboxylic acids is 1. The lowest BCUT2D eigenvalue weighted by atomic mass is 9.94. The van der Waals surface area contributed by atoms with Crippen molar-refractivity contribution >= 4 is 23.0 Å². The molecular formula is C23H20N4O4. The molecule has 0 aliphatic carbocycles. The Bertz CT molecular complexity index is 1280. The van der Waals surface area contributed by atoms with E-state index >= 15 is 0 Å². The molecule has 5 rings (SSSR count). The lowest BCUT2D eigenvalue weighted by Gasteiger charge is -2.23. The molecule has 2 aromatic heterocycles. The first-order chi connectivity index (χ1) is 15.1. The highest BCUT2D eigenvalue weighted by molar-refractivity contribution is 5.79. The summed E-state index contributed by atoms with van der Waals surface area (Å²) in [5.74, 6) is 1.38. The second kappa shape index (κ2) is 7.71. The Morgan fingerprint density at radius 3 is 2.94 bits per heavy atom. The first-order valence-electron chi connectivity index (χ1n) is 9.90. The average Bonchev–Trinajstić information content (AvgIpc) is 3.22. The van der Waals surface area contributed by atoms with Gasteiger partial charge in [0.05, 0.1) is 25.1 Å². The molecule has 1 aliphatic heterocycles. The van der Waals surface area contributed by atoms with Gasteiger partial charge >= 0.3 is 5.97 Å². The Morgan fingerprint density at radius 2 is 2.10 bits per heavy atom. The van der Waals surface area contributed by atoms with Gasteiger partial charge in [0.1, 0.15) is 17.9 Å². The SMILES string of the molecule is COC(=O)Cc1ccc2c(c1)CC(c1nc3ccc(-c4ccnc(N)n4)cc3o1)CO2. The molecule has 0 spiro atoms. The van der Waals surface area contributed by atoms with Gasteiger partial charge in [-0.15, -0.1) is 0 Å². The fraction of sp³-hybridized carbons (Fsp3) is 0.217. The fourth-order valence-electron chi connectivity index (χ4n) is 3.77. The van der Waals surface area contributed by atoms with E-state index in [0.717, 1.165) is 33.7 Å². The number of hydrogen-bond donors (Lipinski definition) is 1. The fourth-order valence-corrected chi connectivity index (χ4v) is 3.77. The number of methoxy groups -OCH3 is 1. The highest BCUT2D eigenvalue weighted by Crippen LogP contribution is 2.34. The van der Waals surface area contributed by atoms with E-state index in [0.29, 0.717) is 24.5 Å². The minimum Gasteiger partial charge on any atom is -0.492 e. The summed E-state index contributed by atoms with van der Waals surface area (Å²) in [7, 11) is 1.39. The van der Waals surface area contributed by atoms with Crippen LogP contribution < -0.4 is 10.5 Å². The second-order valence-electron chi connectivity index (χ2n) is 7.44. The number of hydrogen-bond acceptors (Lipinski definition) is 8. The van der Waals surface area contributed by atoms with E-state index in [1.54, 1.807) is 12.3 Å². The van der Waals surface area contributed by atoms with Gasteiger partial charge in [-0.25, -0.2) is 15.0 Å². The topological polar surface area (TPSA) is 113 Å². The summed E-state index contributed by atoms with van der Waals surface area (Å²) in [6, 6.07) is 13.3. The van der Waals surface area contributed by atoms with Gasteiger partial charge in [-0.1, -0.05) is 18.2 Å². The highest BCUT2D eigenvalue weighted by atomic mass is 16.5.